The fourth-order valence-corrected chi connectivity index (χ4v) is 2.37. The zero-order chi connectivity index (χ0) is 17.7. The summed E-state index contributed by atoms with van der Waals surface area (Å²) in [5.74, 6) is 0.681. The average molecular weight is 352 g/mol. The normalized spacial score (nSPS) is 10.9. The number of nitrogens with zero attached hydrogens (tertiary/aromatic N) is 2. The Hall–Kier alpha value is -2.54. The van der Waals surface area contributed by atoms with Crippen molar-refractivity contribution in [2.75, 3.05) is 20.8 Å². The Balaban J connectivity index is 2.38. The van der Waals surface area contributed by atoms with Crippen LogP contribution in [0, 0.1) is 6.92 Å². The van der Waals surface area contributed by atoms with Gasteiger partial charge in [0.05, 0.1) is 25.8 Å². The maximum atomic E-state index is 12.0. The molecular weight excluding hydrogens is 334 g/mol. The van der Waals surface area contributed by atoms with Crippen molar-refractivity contribution in [1.82, 2.24) is 10.2 Å². The first-order valence-corrected chi connectivity index (χ1v) is 7.57. The number of aliphatic imine (C=N–C) groups is 1. The number of aromatic nitrogens is 2. The molecule has 1 aromatic heterocycles. The summed E-state index contributed by atoms with van der Waals surface area (Å²) in [6.07, 6.45) is 1.50. The lowest BCUT2D eigenvalue weighted by Gasteiger charge is -2.10. The minimum Gasteiger partial charge on any atom is -0.493 e. The first-order valence-electron chi connectivity index (χ1n) is 7.20. The van der Waals surface area contributed by atoms with Gasteiger partial charge in [-0.3, -0.25) is 5.10 Å². The highest BCUT2D eigenvalue weighted by Crippen LogP contribution is 2.36. The summed E-state index contributed by atoms with van der Waals surface area (Å²) >= 11 is 6.30. The molecule has 24 heavy (non-hydrogen) atoms. The second-order valence-electron chi connectivity index (χ2n) is 4.73. The molecule has 0 aliphatic carbocycles. The van der Waals surface area contributed by atoms with E-state index in [-0.39, 0.29) is 12.4 Å². The number of esters is 1. The van der Waals surface area contributed by atoms with Crippen molar-refractivity contribution in [2.45, 2.75) is 13.8 Å². The number of benzene rings is 1. The molecular formula is C16H18ClN3O4. The molecule has 7 nitrogen and oxygen atoms in total. The zero-order valence-corrected chi connectivity index (χ0v) is 14.6. The Morgan fingerprint density at radius 3 is 2.75 bits per heavy atom. The van der Waals surface area contributed by atoms with Gasteiger partial charge in [-0.1, -0.05) is 11.6 Å². The van der Waals surface area contributed by atoms with Crippen molar-refractivity contribution in [3.8, 4) is 11.5 Å². The molecule has 0 radical (unpaired) electrons. The van der Waals surface area contributed by atoms with Crippen LogP contribution >= 0.6 is 11.6 Å². The third-order valence-electron chi connectivity index (χ3n) is 3.25. The Morgan fingerprint density at radius 2 is 2.12 bits per heavy atom. The van der Waals surface area contributed by atoms with Crippen LogP contribution in [0.3, 0.4) is 0 Å². The molecule has 0 unspecified atom stereocenters. The van der Waals surface area contributed by atoms with Crippen LogP contribution in [0.2, 0.25) is 5.02 Å². The van der Waals surface area contributed by atoms with Crippen LogP contribution in [0.1, 0.15) is 28.5 Å². The number of carbonyl (C=O) groups excluding carboxylic acids is 1. The van der Waals surface area contributed by atoms with E-state index in [2.05, 4.69) is 15.2 Å². The summed E-state index contributed by atoms with van der Waals surface area (Å²) in [4.78, 5) is 16.2. The van der Waals surface area contributed by atoms with Crippen LogP contribution in [0.15, 0.2) is 17.1 Å². The molecule has 1 aromatic carbocycles. The minimum atomic E-state index is -0.477. The number of nitrogens with one attached hydrogen (secondary N) is 1. The lowest BCUT2D eigenvalue weighted by Crippen LogP contribution is -2.05. The topological polar surface area (TPSA) is 85.8 Å². The van der Waals surface area contributed by atoms with Crippen molar-refractivity contribution in [3.05, 3.63) is 34.0 Å². The minimum absolute atomic E-state index is 0.233. The Labute approximate surface area is 144 Å². The van der Waals surface area contributed by atoms with E-state index in [9.17, 15) is 4.79 Å². The number of hydrogen-bond acceptors (Lipinski definition) is 6. The predicted molar refractivity (Wildman–Crippen MR) is 91.1 cm³/mol. The lowest BCUT2D eigenvalue weighted by atomic mass is 10.2. The number of methoxy groups -OCH3 is 2. The fraction of sp³-hybridized carbons (Fsp3) is 0.312. The SMILES string of the molecule is CCOC(=O)c1c(N=Cc2ccc(OC)c(OC)c2Cl)n[nH]c1C. The Morgan fingerprint density at radius 1 is 1.38 bits per heavy atom. The Bertz CT molecular complexity index is 771. The molecule has 0 fully saturated rings. The van der Waals surface area contributed by atoms with Crippen molar-refractivity contribution in [1.29, 1.82) is 0 Å². The second kappa shape index (κ2) is 7.83. The van der Waals surface area contributed by atoms with Crippen molar-refractivity contribution >= 4 is 29.6 Å². The van der Waals surface area contributed by atoms with Crippen molar-refractivity contribution in [3.63, 3.8) is 0 Å². The average Bonchev–Trinajstić information content (AvgIpc) is 2.94. The molecule has 0 aliphatic heterocycles. The third kappa shape index (κ3) is 3.51. The van der Waals surface area contributed by atoms with Gasteiger partial charge in [-0.05, 0) is 26.0 Å². The second-order valence-corrected chi connectivity index (χ2v) is 5.11. The quantitative estimate of drug-likeness (QED) is 0.637. The monoisotopic (exact) mass is 351 g/mol. The molecule has 0 saturated carbocycles. The van der Waals surface area contributed by atoms with E-state index in [4.69, 9.17) is 25.8 Å². The van der Waals surface area contributed by atoms with Gasteiger partial charge in [0.2, 0.25) is 0 Å². The predicted octanol–water partition coefficient (Wildman–Crippen LogP) is 3.32. The molecule has 1 N–H and O–H groups in total. The molecule has 0 saturated heterocycles. The number of carbonyl (C=O) groups is 1. The van der Waals surface area contributed by atoms with Gasteiger partial charge in [0.25, 0.3) is 0 Å². The van der Waals surface area contributed by atoms with Crippen LogP contribution in [0.4, 0.5) is 5.82 Å². The largest absolute Gasteiger partial charge is 0.493 e. The van der Waals surface area contributed by atoms with Crippen LogP contribution in [0.25, 0.3) is 0 Å². The van der Waals surface area contributed by atoms with Crippen LogP contribution in [-0.4, -0.2) is 43.2 Å². The molecule has 2 aromatic rings. The number of aryl methyl sites for hydroxylation is 1. The molecule has 0 atom stereocenters. The number of rotatable bonds is 6. The first kappa shape index (κ1) is 17.8. The van der Waals surface area contributed by atoms with E-state index < -0.39 is 5.97 Å². The smallest absolute Gasteiger partial charge is 0.343 e. The summed E-state index contributed by atoms with van der Waals surface area (Å²) in [6.45, 7) is 3.73. The summed E-state index contributed by atoms with van der Waals surface area (Å²) in [5, 5.41) is 7.10. The lowest BCUT2D eigenvalue weighted by molar-refractivity contribution is 0.0526. The van der Waals surface area contributed by atoms with Gasteiger partial charge in [0.1, 0.15) is 5.56 Å². The summed E-state index contributed by atoms with van der Waals surface area (Å²) < 4.78 is 15.4. The molecule has 128 valence electrons. The first-order chi connectivity index (χ1) is 11.5. The van der Waals surface area contributed by atoms with E-state index in [0.29, 0.717) is 33.3 Å². The number of hydrogen-bond donors (Lipinski definition) is 1. The van der Waals surface area contributed by atoms with E-state index in [1.807, 2.05) is 0 Å². The van der Waals surface area contributed by atoms with E-state index in [0.717, 1.165) is 0 Å². The third-order valence-corrected chi connectivity index (χ3v) is 3.64. The summed E-state index contributed by atoms with van der Waals surface area (Å²) in [7, 11) is 3.03. The Kier molecular flexibility index (Phi) is 5.81. The van der Waals surface area contributed by atoms with Gasteiger partial charge >= 0.3 is 5.97 Å². The van der Waals surface area contributed by atoms with Gasteiger partial charge in [0.15, 0.2) is 17.3 Å². The highest BCUT2D eigenvalue weighted by Gasteiger charge is 2.19. The number of ether oxygens (including phenoxy) is 3. The maximum absolute atomic E-state index is 12.0. The maximum Gasteiger partial charge on any atom is 0.343 e. The molecule has 1 heterocycles. The molecule has 8 heteroatoms. The summed E-state index contributed by atoms with van der Waals surface area (Å²) in [6, 6.07) is 3.45. The van der Waals surface area contributed by atoms with Crippen molar-refractivity contribution < 1.29 is 19.0 Å². The molecule has 0 aliphatic rings. The van der Waals surface area contributed by atoms with E-state index in [1.165, 1.54) is 20.4 Å². The number of H-pyrrole nitrogens is 1. The van der Waals surface area contributed by atoms with Crippen LogP contribution in [0.5, 0.6) is 11.5 Å². The highest BCUT2D eigenvalue weighted by atomic mass is 35.5. The van der Waals surface area contributed by atoms with Gasteiger partial charge in [-0.25, -0.2) is 9.79 Å². The van der Waals surface area contributed by atoms with E-state index >= 15 is 0 Å². The number of halogens is 1. The van der Waals surface area contributed by atoms with Crippen LogP contribution < -0.4 is 9.47 Å². The van der Waals surface area contributed by atoms with Gasteiger partial charge in [-0.2, -0.15) is 5.10 Å². The van der Waals surface area contributed by atoms with Gasteiger partial charge in [0, 0.05) is 17.5 Å². The van der Waals surface area contributed by atoms with Gasteiger partial charge in [-0.15, -0.1) is 0 Å². The zero-order valence-electron chi connectivity index (χ0n) is 13.8. The molecule has 0 spiro atoms. The highest BCUT2D eigenvalue weighted by molar-refractivity contribution is 6.34. The molecule has 0 bridgehead atoms. The van der Waals surface area contributed by atoms with Crippen molar-refractivity contribution in [2.24, 2.45) is 4.99 Å². The number of aromatic amines is 1. The van der Waals surface area contributed by atoms with Crippen LogP contribution in [-0.2, 0) is 4.74 Å². The van der Waals surface area contributed by atoms with Gasteiger partial charge < -0.3 is 14.2 Å². The van der Waals surface area contributed by atoms with E-state index in [1.54, 1.807) is 26.0 Å². The summed E-state index contributed by atoms with van der Waals surface area (Å²) in [5.41, 5.74) is 1.48. The molecule has 0 amide bonds. The standard InChI is InChI=1S/C16H18ClN3O4/c1-5-24-16(21)12-9(2)19-20-15(12)18-8-10-6-7-11(22-3)14(23-4)13(10)17/h6-8H,5H2,1-4H3,(H,19,20). The molecule has 2 rings (SSSR count). The fourth-order valence-electron chi connectivity index (χ4n) is 2.09.